The molecule has 0 saturated heterocycles. The van der Waals surface area contributed by atoms with Crippen LogP contribution < -0.4 is 5.32 Å². The first-order chi connectivity index (χ1) is 11.9. The maximum Gasteiger partial charge on any atom is 0.0767 e. The maximum atomic E-state index is 3.75. The van der Waals surface area contributed by atoms with Crippen molar-refractivity contribution in [2.75, 3.05) is 5.32 Å². The van der Waals surface area contributed by atoms with Crippen molar-refractivity contribution in [2.45, 2.75) is 25.3 Å². The quantitative estimate of drug-likeness (QED) is 0.663. The van der Waals surface area contributed by atoms with Crippen LogP contribution in [0, 0.1) is 6.42 Å². The fraction of sp³-hybridized carbons (Fsp3) is 0.174. The molecule has 0 saturated carbocycles. The molecule has 0 fully saturated rings. The Hall–Kier alpha value is -2.54. The van der Waals surface area contributed by atoms with Crippen LogP contribution >= 0.6 is 0 Å². The van der Waals surface area contributed by atoms with E-state index in [1.807, 2.05) is 0 Å². The van der Waals surface area contributed by atoms with Crippen molar-refractivity contribution >= 4 is 5.69 Å². The lowest BCUT2D eigenvalue weighted by Gasteiger charge is -2.23. The van der Waals surface area contributed by atoms with Gasteiger partial charge in [0.05, 0.1) is 6.04 Å². The van der Waals surface area contributed by atoms with Crippen molar-refractivity contribution in [2.24, 2.45) is 0 Å². The van der Waals surface area contributed by atoms with Gasteiger partial charge in [0.15, 0.2) is 0 Å². The van der Waals surface area contributed by atoms with Crippen LogP contribution in [-0.2, 0) is 12.8 Å². The lowest BCUT2D eigenvalue weighted by atomic mass is 9.91. The van der Waals surface area contributed by atoms with Gasteiger partial charge in [-0.3, -0.25) is 0 Å². The van der Waals surface area contributed by atoms with Gasteiger partial charge < -0.3 is 5.32 Å². The number of rotatable bonds is 4. The highest BCUT2D eigenvalue weighted by Gasteiger charge is 2.15. The molecule has 1 N–H and O–H groups in total. The summed E-state index contributed by atoms with van der Waals surface area (Å²) in [4.78, 5) is 0. The molecule has 1 aliphatic rings. The number of hydrogen-bond acceptors (Lipinski definition) is 1. The topological polar surface area (TPSA) is 12.0 Å². The molecule has 1 heteroatoms. The highest BCUT2D eigenvalue weighted by Crippen LogP contribution is 2.29. The Balaban J connectivity index is 1.67. The van der Waals surface area contributed by atoms with Crippen LogP contribution in [0.5, 0.6) is 0 Å². The molecule has 0 spiro atoms. The molecule has 0 bridgehead atoms. The standard InChI is InChI=1S/C23H22N/c1-3-10-19(11-4-1)23(20-12-5-2-6-13-20)24-22-16-15-18-9-7-8-14-21(18)17-22/h1-7,10-13,15-17,23-24H,8-9,14H2. The molecule has 0 aliphatic heterocycles. The summed E-state index contributed by atoms with van der Waals surface area (Å²) < 4.78 is 0. The smallest absolute Gasteiger partial charge is 0.0767 e. The Labute approximate surface area is 144 Å². The number of benzene rings is 3. The summed E-state index contributed by atoms with van der Waals surface area (Å²) in [6.07, 6.45) is 5.84. The minimum Gasteiger partial charge on any atom is -0.374 e. The molecular formula is C23H22N. The van der Waals surface area contributed by atoms with E-state index in [9.17, 15) is 0 Å². The van der Waals surface area contributed by atoms with Crippen molar-refractivity contribution in [3.8, 4) is 0 Å². The van der Waals surface area contributed by atoms with Crippen LogP contribution in [0.25, 0.3) is 0 Å². The third-order valence-electron chi connectivity index (χ3n) is 4.77. The molecule has 1 nitrogen and oxygen atoms in total. The zero-order valence-electron chi connectivity index (χ0n) is 13.8. The number of hydrogen-bond donors (Lipinski definition) is 1. The molecular weight excluding hydrogens is 290 g/mol. The van der Waals surface area contributed by atoms with Gasteiger partial charge >= 0.3 is 0 Å². The third kappa shape index (κ3) is 3.21. The molecule has 4 rings (SSSR count). The summed E-state index contributed by atoms with van der Waals surface area (Å²) in [6.45, 7) is 0. The first-order valence-electron chi connectivity index (χ1n) is 8.70. The van der Waals surface area contributed by atoms with Crippen molar-refractivity contribution in [1.29, 1.82) is 0 Å². The average molecular weight is 312 g/mol. The number of anilines is 1. The highest BCUT2D eigenvalue weighted by atomic mass is 14.9. The van der Waals surface area contributed by atoms with Gasteiger partial charge in [0.1, 0.15) is 0 Å². The summed E-state index contributed by atoms with van der Waals surface area (Å²) in [6, 6.07) is 28.3. The lowest BCUT2D eigenvalue weighted by molar-refractivity contribution is 0.828. The van der Waals surface area contributed by atoms with E-state index in [1.165, 1.54) is 34.4 Å². The van der Waals surface area contributed by atoms with Gasteiger partial charge in [0, 0.05) is 5.69 Å². The number of fused-ring (bicyclic) bond motifs is 1. The molecule has 119 valence electrons. The van der Waals surface area contributed by atoms with E-state index < -0.39 is 0 Å². The summed E-state index contributed by atoms with van der Waals surface area (Å²) in [5.74, 6) is 0. The molecule has 0 aromatic heterocycles. The van der Waals surface area contributed by atoms with Crippen LogP contribution in [-0.4, -0.2) is 0 Å². The normalized spacial score (nSPS) is 13.5. The summed E-state index contributed by atoms with van der Waals surface area (Å²) >= 11 is 0. The highest BCUT2D eigenvalue weighted by molar-refractivity contribution is 5.53. The van der Waals surface area contributed by atoms with E-state index in [-0.39, 0.29) is 6.04 Å². The van der Waals surface area contributed by atoms with Crippen molar-refractivity contribution < 1.29 is 0 Å². The second kappa shape index (κ2) is 6.92. The molecule has 0 amide bonds. The molecule has 3 aromatic carbocycles. The van der Waals surface area contributed by atoms with Crippen molar-refractivity contribution in [3.63, 3.8) is 0 Å². The molecule has 0 unspecified atom stereocenters. The summed E-state index contributed by atoms with van der Waals surface area (Å²) in [7, 11) is 0. The number of aryl methyl sites for hydroxylation is 1. The first-order valence-corrected chi connectivity index (χ1v) is 8.70. The predicted molar refractivity (Wildman–Crippen MR) is 101 cm³/mol. The van der Waals surface area contributed by atoms with Crippen LogP contribution in [0.1, 0.15) is 34.7 Å². The van der Waals surface area contributed by atoms with Gasteiger partial charge in [0.25, 0.3) is 0 Å². The molecule has 0 atom stereocenters. The second-order valence-corrected chi connectivity index (χ2v) is 6.41. The Kier molecular flexibility index (Phi) is 4.33. The second-order valence-electron chi connectivity index (χ2n) is 6.41. The van der Waals surface area contributed by atoms with Crippen molar-refractivity contribution in [1.82, 2.24) is 0 Å². The molecule has 24 heavy (non-hydrogen) atoms. The van der Waals surface area contributed by atoms with E-state index in [4.69, 9.17) is 0 Å². The zero-order valence-corrected chi connectivity index (χ0v) is 13.8. The average Bonchev–Trinajstić information content (AvgIpc) is 2.67. The van der Waals surface area contributed by atoms with E-state index >= 15 is 0 Å². The molecule has 1 aliphatic carbocycles. The maximum absolute atomic E-state index is 3.75. The predicted octanol–water partition coefficient (Wildman–Crippen LogP) is 5.58. The van der Waals surface area contributed by atoms with E-state index in [0.717, 1.165) is 12.8 Å². The van der Waals surface area contributed by atoms with Crippen LogP contribution in [0.4, 0.5) is 5.69 Å². The molecule has 0 heterocycles. The van der Waals surface area contributed by atoms with Gasteiger partial charge in [-0.1, -0.05) is 66.7 Å². The SMILES string of the molecule is [CH]1CCc2cc(NC(c3ccccc3)c3ccccc3)ccc2C1. The first kappa shape index (κ1) is 15.0. The van der Waals surface area contributed by atoms with E-state index in [2.05, 4.69) is 90.6 Å². The van der Waals surface area contributed by atoms with Crippen LogP contribution in [0.3, 0.4) is 0 Å². The van der Waals surface area contributed by atoms with Gasteiger partial charge in [-0.05, 0) is 60.1 Å². The van der Waals surface area contributed by atoms with E-state index in [1.54, 1.807) is 0 Å². The largest absolute Gasteiger partial charge is 0.374 e. The lowest BCUT2D eigenvalue weighted by Crippen LogP contribution is -2.13. The summed E-state index contributed by atoms with van der Waals surface area (Å²) in [5.41, 5.74) is 6.74. The fourth-order valence-electron chi connectivity index (χ4n) is 3.48. The fourth-order valence-corrected chi connectivity index (χ4v) is 3.48. The minimum atomic E-state index is 0.167. The monoisotopic (exact) mass is 312 g/mol. The zero-order chi connectivity index (χ0) is 16.2. The van der Waals surface area contributed by atoms with Gasteiger partial charge in [-0.2, -0.15) is 0 Å². The Morgan fingerprint density at radius 3 is 2.04 bits per heavy atom. The Morgan fingerprint density at radius 2 is 1.38 bits per heavy atom. The Morgan fingerprint density at radius 1 is 0.708 bits per heavy atom. The Bertz CT molecular complexity index is 753. The van der Waals surface area contributed by atoms with Crippen LogP contribution in [0.2, 0.25) is 0 Å². The molecule has 3 aromatic rings. The summed E-state index contributed by atoms with van der Waals surface area (Å²) in [5, 5.41) is 3.75. The number of nitrogens with one attached hydrogen (secondary N) is 1. The minimum absolute atomic E-state index is 0.167. The van der Waals surface area contributed by atoms with Crippen LogP contribution in [0.15, 0.2) is 78.9 Å². The van der Waals surface area contributed by atoms with Gasteiger partial charge in [-0.25, -0.2) is 0 Å². The van der Waals surface area contributed by atoms with E-state index in [0.29, 0.717) is 0 Å². The third-order valence-corrected chi connectivity index (χ3v) is 4.77. The van der Waals surface area contributed by atoms with Gasteiger partial charge in [0.2, 0.25) is 0 Å². The van der Waals surface area contributed by atoms with Crippen molar-refractivity contribution in [3.05, 3.63) is 108 Å². The molecule has 1 radical (unpaired) electrons. The van der Waals surface area contributed by atoms with Gasteiger partial charge in [-0.15, -0.1) is 0 Å².